The fourth-order valence-corrected chi connectivity index (χ4v) is 2.69. The van der Waals surface area contributed by atoms with Crippen LogP contribution >= 0.6 is 0 Å². The van der Waals surface area contributed by atoms with Gasteiger partial charge in [-0.15, -0.1) is 0 Å². The molecule has 22 heavy (non-hydrogen) atoms. The van der Waals surface area contributed by atoms with Crippen LogP contribution in [-0.4, -0.2) is 33.8 Å². The van der Waals surface area contributed by atoms with E-state index in [2.05, 4.69) is 30.1 Å². The van der Waals surface area contributed by atoms with E-state index < -0.39 is 0 Å². The summed E-state index contributed by atoms with van der Waals surface area (Å²) in [5.74, 6) is -0.371. The Bertz CT molecular complexity index is 611. The number of hydrogen-bond donors (Lipinski definition) is 1. The molecule has 0 saturated heterocycles. The minimum Gasteiger partial charge on any atom is -0.460 e. The molecule has 1 saturated carbocycles. The average molecular weight is 302 g/mol. The van der Waals surface area contributed by atoms with Crippen LogP contribution in [0, 0.1) is 5.41 Å². The molecule has 5 heteroatoms. The third-order valence-corrected chi connectivity index (χ3v) is 4.60. The smallest absolute Gasteiger partial charge is 0.356 e. The van der Waals surface area contributed by atoms with Gasteiger partial charge in [-0.25, -0.2) is 9.78 Å². The zero-order chi connectivity index (χ0) is 15.6. The fraction of sp³-hybridized carbons (Fsp3) is 0.529. The van der Waals surface area contributed by atoms with E-state index in [4.69, 9.17) is 4.74 Å². The summed E-state index contributed by atoms with van der Waals surface area (Å²) in [5, 5.41) is 9.29. The Morgan fingerprint density at radius 3 is 2.95 bits per heavy atom. The number of imidazole rings is 1. The van der Waals surface area contributed by atoms with E-state index in [1.807, 2.05) is 4.57 Å². The summed E-state index contributed by atoms with van der Waals surface area (Å²) in [6, 6.07) is 0.0503. The molecule has 2 aliphatic rings. The van der Waals surface area contributed by atoms with Gasteiger partial charge in [0.05, 0.1) is 31.8 Å². The SMILES string of the molecule is C[C@H](C1=CCCC=C1)n1cncc1C(=O)OCC1(CO)CC1. The predicted octanol–water partition coefficient (Wildman–Crippen LogP) is 2.65. The van der Waals surface area contributed by atoms with Crippen LogP contribution < -0.4 is 0 Å². The second-order valence-electron chi connectivity index (χ2n) is 6.28. The minimum atomic E-state index is -0.371. The van der Waals surface area contributed by atoms with E-state index >= 15 is 0 Å². The van der Waals surface area contributed by atoms with Gasteiger partial charge in [0, 0.05) is 5.41 Å². The van der Waals surface area contributed by atoms with Gasteiger partial charge in [0.25, 0.3) is 0 Å². The number of aliphatic hydroxyl groups is 1. The molecule has 1 aromatic heterocycles. The molecular weight excluding hydrogens is 280 g/mol. The second-order valence-corrected chi connectivity index (χ2v) is 6.28. The lowest BCUT2D eigenvalue weighted by Gasteiger charge is -2.19. The van der Waals surface area contributed by atoms with Crippen LogP contribution in [0.1, 0.15) is 49.1 Å². The number of aliphatic hydroxyl groups excluding tert-OH is 1. The highest BCUT2D eigenvalue weighted by molar-refractivity contribution is 5.87. The Hall–Kier alpha value is -1.88. The Kier molecular flexibility index (Phi) is 4.16. The Balaban J connectivity index is 1.70. The number of allylic oxidation sites excluding steroid dienone is 4. The predicted molar refractivity (Wildman–Crippen MR) is 82.4 cm³/mol. The van der Waals surface area contributed by atoms with Crippen LogP contribution in [-0.2, 0) is 4.74 Å². The zero-order valence-electron chi connectivity index (χ0n) is 12.9. The molecule has 118 valence electrons. The van der Waals surface area contributed by atoms with Crippen LogP contribution in [0.25, 0.3) is 0 Å². The van der Waals surface area contributed by atoms with E-state index in [1.165, 1.54) is 5.57 Å². The first kappa shape index (κ1) is 15.0. The van der Waals surface area contributed by atoms with Gasteiger partial charge in [-0.1, -0.05) is 18.2 Å². The van der Waals surface area contributed by atoms with Crippen LogP contribution in [0.2, 0.25) is 0 Å². The monoisotopic (exact) mass is 302 g/mol. The van der Waals surface area contributed by atoms with Gasteiger partial charge in [-0.2, -0.15) is 0 Å². The Labute approximate surface area is 130 Å². The molecule has 1 N–H and O–H groups in total. The molecule has 0 spiro atoms. The number of hydrogen-bond acceptors (Lipinski definition) is 4. The van der Waals surface area contributed by atoms with Gasteiger partial charge >= 0.3 is 5.97 Å². The van der Waals surface area contributed by atoms with Crippen molar-refractivity contribution in [1.82, 2.24) is 9.55 Å². The average Bonchev–Trinajstić information content (AvgIpc) is 3.19. The van der Waals surface area contributed by atoms with E-state index in [-0.39, 0.29) is 30.6 Å². The summed E-state index contributed by atoms with van der Waals surface area (Å²) in [4.78, 5) is 16.4. The number of nitrogens with zero attached hydrogens (tertiary/aromatic N) is 2. The first-order valence-corrected chi connectivity index (χ1v) is 7.82. The molecule has 0 amide bonds. The maximum absolute atomic E-state index is 12.3. The standard InChI is InChI=1S/C17H22N2O3/c1-13(14-5-3-2-4-6-14)19-12-18-9-15(19)16(21)22-11-17(10-20)7-8-17/h3,5-6,9,12-13,20H,2,4,7-8,10-11H2,1H3/t13-/m1/s1. The van der Waals surface area contributed by atoms with Gasteiger partial charge in [-0.05, 0) is 38.2 Å². The quantitative estimate of drug-likeness (QED) is 0.821. The van der Waals surface area contributed by atoms with Crippen molar-refractivity contribution >= 4 is 5.97 Å². The lowest BCUT2D eigenvalue weighted by molar-refractivity contribution is 0.0337. The van der Waals surface area contributed by atoms with Crippen molar-refractivity contribution in [2.24, 2.45) is 5.41 Å². The van der Waals surface area contributed by atoms with Gasteiger partial charge in [0.1, 0.15) is 5.69 Å². The maximum Gasteiger partial charge on any atom is 0.356 e. The summed E-state index contributed by atoms with van der Waals surface area (Å²) in [6.45, 7) is 2.41. The summed E-state index contributed by atoms with van der Waals surface area (Å²) in [7, 11) is 0. The number of rotatable bonds is 6. The van der Waals surface area contributed by atoms with E-state index in [0.717, 1.165) is 25.7 Å². The maximum atomic E-state index is 12.3. The van der Waals surface area contributed by atoms with Crippen LogP contribution in [0.3, 0.4) is 0 Å². The third-order valence-electron chi connectivity index (χ3n) is 4.60. The Morgan fingerprint density at radius 1 is 1.50 bits per heavy atom. The van der Waals surface area contributed by atoms with Crippen molar-refractivity contribution in [2.75, 3.05) is 13.2 Å². The van der Waals surface area contributed by atoms with Crippen molar-refractivity contribution in [3.05, 3.63) is 42.0 Å². The molecule has 0 aliphatic heterocycles. The normalized spacial score (nSPS) is 20.4. The van der Waals surface area contributed by atoms with E-state index in [1.54, 1.807) is 12.5 Å². The molecule has 5 nitrogen and oxygen atoms in total. The summed E-state index contributed by atoms with van der Waals surface area (Å²) in [6.07, 6.45) is 13.6. The molecule has 3 rings (SSSR count). The number of aromatic nitrogens is 2. The molecule has 0 aromatic carbocycles. The fourth-order valence-electron chi connectivity index (χ4n) is 2.69. The van der Waals surface area contributed by atoms with Crippen molar-refractivity contribution in [3.63, 3.8) is 0 Å². The third kappa shape index (κ3) is 2.99. The largest absolute Gasteiger partial charge is 0.460 e. The molecule has 1 fully saturated rings. The summed E-state index contributed by atoms with van der Waals surface area (Å²) >= 11 is 0. The molecule has 0 radical (unpaired) electrons. The molecule has 0 bridgehead atoms. The van der Waals surface area contributed by atoms with Crippen molar-refractivity contribution < 1.29 is 14.6 Å². The second kappa shape index (κ2) is 6.08. The lowest BCUT2D eigenvalue weighted by Crippen LogP contribution is -2.21. The number of ether oxygens (including phenoxy) is 1. The highest BCUT2D eigenvalue weighted by Gasteiger charge is 2.43. The van der Waals surface area contributed by atoms with Crippen molar-refractivity contribution in [2.45, 2.75) is 38.6 Å². The first-order chi connectivity index (χ1) is 10.7. The van der Waals surface area contributed by atoms with Gasteiger partial charge < -0.3 is 14.4 Å². The van der Waals surface area contributed by atoms with Crippen molar-refractivity contribution in [3.8, 4) is 0 Å². The number of carbonyl (C=O) groups excluding carboxylic acids is 1. The highest BCUT2D eigenvalue weighted by Crippen LogP contribution is 2.45. The van der Waals surface area contributed by atoms with Crippen LogP contribution in [0.5, 0.6) is 0 Å². The number of carbonyl (C=O) groups is 1. The van der Waals surface area contributed by atoms with Crippen molar-refractivity contribution in [1.29, 1.82) is 0 Å². The van der Waals surface area contributed by atoms with E-state index in [0.29, 0.717) is 5.69 Å². The van der Waals surface area contributed by atoms with E-state index in [9.17, 15) is 9.90 Å². The molecule has 1 heterocycles. The lowest BCUT2D eigenvalue weighted by atomic mass is 10.0. The van der Waals surface area contributed by atoms with Gasteiger partial charge in [0.15, 0.2) is 0 Å². The Morgan fingerprint density at radius 2 is 2.32 bits per heavy atom. The van der Waals surface area contributed by atoms with Gasteiger partial charge in [0.2, 0.25) is 0 Å². The van der Waals surface area contributed by atoms with Crippen LogP contribution in [0.4, 0.5) is 0 Å². The summed E-state index contributed by atoms with van der Waals surface area (Å²) in [5.41, 5.74) is 1.45. The minimum absolute atomic E-state index is 0.0503. The first-order valence-electron chi connectivity index (χ1n) is 7.82. The molecule has 1 aromatic rings. The number of esters is 1. The molecule has 0 unspecified atom stereocenters. The zero-order valence-corrected chi connectivity index (χ0v) is 12.9. The van der Waals surface area contributed by atoms with Crippen LogP contribution in [0.15, 0.2) is 36.3 Å². The topological polar surface area (TPSA) is 64.4 Å². The highest BCUT2D eigenvalue weighted by atomic mass is 16.5. The summed E-state index contributed by atoms with van der Waals surface area (Å²) < 4.78 is 7.24. The van der Waals surface area contributed by atoms with Gasteiger partial charge in [-0.3, -0.25) is 0 Å². The molecular formula is C17H22N2O3. The molecule has 2 aliphatic carbocycles. The molecule has 1 atom stereocenters.